The Kier molecular flexibility index (Phi) is 5.28. The number of ether oxygens (including phenoxy) is 1. The monoisotopic (exact) mass is 272 g/mol. The van der Waals surface area contributed by atoms with Crippen LogP contribution >= 0.6 is 0 Å². The zero-order chi connectivity index (χ0) is 13.8. The first-order valence-electron chi connectivity index (χ1n) is 5.69. The smallest absolute Gasteiger partial charge is 0.243 e. The van der Waals surface area contributed by atoms with Gasteiger partial charge in [0, 0.05) is 26.7 Å². The van der Waals surface area contributed by atoms with Crippen molar-refractivity contribution in [3.8, 4) is 0 Å². The highest BCUT2D eigenvalue weighted by Crippen LogP contribution is 2.17. The van der Waals surface area contributed by atoms with Crippen molar-refractivity contribution < 1.29 is 13.2 Å². The summed E-state index contributed by atoms with van der Waals surface area (Å²) in [5, 5.41) is 0. The molecule has 1 aromatic carbocycles. The molecule has 1 rings (SSSR count). The molecule has 1 atom stereocenters. The maximum atomic E-state index is 12.3. The summed E-state index contributed by atoms with van der Waals surface area (Å²) >= 11 is 0. The van der Waals surface area contributed by atoms with Crippen molar-refractivity contribution >= 4 is 10.0 Å². The third-order valence-electron chi connectivity index (χ3n) is 2.84. The lowest BCUT2D eigenvalue weighted by atomic mass is 10.2. The van der Waals surface area contributed by atoms with Crippen LogP contribution in [-0.2, 0) is 21.3 Å². The SMILES string of the molecule is COCC(C)N(C)S(=O)(=O)c1cccc(CN)c1. The van der Waals surface area contributed by atoms with Gasteiger partial charge in [0.2, 0.25) is 10.0 Å². The fourth-order valence-corrected chi connectivity index (χ4v) is 3.00. The first-order chi connectivity index (χ1) is 8.43. The topological polar surface area (TPSA) is 72.6 Å². The van der Waals surface area contributed by atoms with Crippen molar-refractivity contribution in [2.75, 3.05) is 20.8 Å². The van der Waals surface area contributed by atoms with Gasteiger partial charge in [-0.2, -0.15) is 4.31 Å². The number of nitrogens with two attached hydrogens (primary N) is 1. The van der Waals surface area contributed by atoms with Crippen LogP contribution < -0.4 is 5.73 Å². The van der Waals surface area contributed by atoms with Crippen molar-refractivity contribution in [2.24, 2.45) is 5.73 Å². The summed E-state index contributed by atoms with van der Waals surface area (Å²) in [6, 6.07) is 6.46. The van der Waals surface area contributed by atoms with Gasteiger partial charge < -0.3 is 10.5 Å². The van der Waals surface area contributed by atoms with E-state index < -0.39 is 10.0 Å². The molecule has 0 aliphatic carbocycles. The number of hydrogen-bond acceptors (Lipinski definition) is 4. The lowest BCUT2D eigenvalue weighted by Crippen LogP contribution is -2.37. The molecule has 0 heterocycles. The van der Waals surface area contributed by atoms with Gasteiger partial charge in [-0.1, -0.05) is 12.1 Å². The van der Waals surface area contributed by atoms with Crippen molar-refractivity contribution in [2.45, 2.75) is 24.4 Å². The fraction of sp³-hybridized carbons (Fsp3) is 0.500. The highest BCUT2D eigenvalue weighted by molar-refractivity contribution is 7.89. The number of benzene rings is 1. The Bertz CT molecular complexity index is 488. The predicted molar refractivity (Wildman–Crippen MR) is 70.6 cm³/mol. The third kappa shape index (κ3) is 3.29. The minimum absolute atomic E-state index is 0.221. The molecule has 0 spiro atoms. The summed E-state index contributed by atoms with van der Waals surface area (Å²) < 4.78 is 31.0. The number of sulfonamides is 1. The molecule has 18 heavy (non-hydrogen) atoms. The first kappa shape index (κ1) is 15.1. The molecule has 0 amide bonds. The minimum Gasteiger partial charge on any atom is -0.383 e. The number of nitrogens with zero attached hydrogens (tertiary/aromatic N) is 1. The van der Waals surface area contributed by atoms with E-state index in [1.165, 1.54) is 4.31 Å². The molecule has 5 nitrogen and oxygen atoms in total. The molecule has 0 aromatic heterocycles. The molecule has 2 N–H and O–H groups in total. The molecular formula is C12H20N2O3S. The molecule has 1 aromatic rings. The second kappa shape index (κ2) is 6.29. The van der Waals surface area contributed by atoms with Gasteiger partial charge >= 0.3 is 0 Å². The second-order valence-corrected chi connectivity index (χ2v) is 6.17. The van der Waals surface area contributed by atoms with Crippen molar-refractivity contribution in [3.63, 3.8) is 0 Å². The van der Waals surface area contributed by atoms with E-state index in [-0.39, 0.29) is 10.9 Å². The Labute approximate surface area is 109 Å². The van der Waals surface area contributed by atoms with E-state index in [0.717, 1.165) is 5.56 Å². The molecule has 1 unspecified atom stereocenters. The highest BCUT2D eigenvalue weighted by atomic mass is 32.2. The molecule has 102 valence electrons. The van der Waals surface area contributed by atoms with E-state index in [1.807, 2.05) is 0 Å². The van der Waals surface area contributed by atoms with Crippen molar-refractivity contribution in [1.82, 2.24) is 4.31 Å². The molecular weight excluding hydrogens is 252 g/mol. The average Bonchev–Trinajstić information content (AvgIpc) is 2.38. The van der Waals surface area contributed by atoms with Crippen LogP contribution in [0.25, 0.3) is 0 Å². The quantitative estimate of drug-likeness (QED) is 0.831. The third-order valence-corrected chi connectivity index (χ3v) is 4.81. The number of hydrogen-bond donors (Lipinski definition) is 1. The standard InChI is InChI=1S/C12H20N2O3S/c1-10(9-17-3)14(2)18(15,16)12-6-4-5-11(7-12)8-13/h4-7,10H,8-9,13H2,1-3H3. The van der Waals surface area contributed by atoms with Crippen LogP contribution in [0.3, 0.4) is 0 Å². The minimum atomic E-state index is -3.50. The van der Waals surface area contributed by atoms with Gasteiger partial charge in [0.05, 0.1) is 11.5 Å². The number of methoxy groups -OCH3 is 1. The largest absolute Gasteiger partial charge is 0.383 e. The maximum Gasteiger partial charge on any atom is 0.243 e. The van der Waals surface area contributed by atoms with Gasteiger partial charge in [-0.05, 0) is 24.6 Å². The normalized spacial score (nSPS) is 13.8. The molecule has 6 heteroatoms. The number of rotatable bonds is 6. The molecule has 0 fully saturated rings. The zero-order valence-electron chi connectivity index (χ0n) is 11.0. The van der Waals surface area contributed by atoms with E-state index in [2.05, 4.69) is 0 Å². The van der Waals surface area contributed by atoms with Crippen LogP contribution in [0.2, 0.25) is 0 Å². The highest BCUT2D eigenvalue weighted by Gasteiger charge is 2.25. The van der Waals surface area contributed by atoms with E-state index in [0.29, 0.717) is 13.2 Å². The van der Waals surface area contributed by atoms with E-state index in [9.17, 15) is 8.42 Å². The summed E-state index contributed by atoms with van der Waals surface area (Å²) in [5.74, 6) is 0. The summed E-state index contributed by atoms with van der Waals surface area (Å²) in [5.41, 5.74) is 6.31. The molecule has 0 bridgehead atoms. The summed E-state index contributed by atoms with van der Waals surface area (Å²) in [4.78, 5) is 0.260. The van der Waals surface area contributed by atoms with E-state index in [4.69, 9.17) is 10.5 Å². The Morgan fingerprint density at radius 3 is 2.67 bits per heavy atom. The van der Waals surface area contributed by atoms with Gasteiger partial charge in [0.25, 0.3) is 0 Å². The van der Waals surface area contributed by atoms with Crippen LogP contribution in [0, 0.1) is 0 Å². The number of likely N-dealkylation sites (N-methyl/N-ethyl adjacent to an activating group) is 1. The van der Waals surface area contributed by atoms with Crippen molar-refractivity contribution in [3.05, 3.63) is 29.8 Å². The van der Waals surface area contributed by atoms with Gasteiger partial charge in [-0.3, -0.25) is 0 Å². The first-order valence-corrected chi connectivity index (χ1v) is 7.13. The van der Waals surface area contributed by atoms with E-state index in [1.54, 1.807) is 45.3 Å². The lowest BCUT2D eigenvalue weighted by molar-refractivity contribution is 0.149. The fourth-order valence-electron chi connectivity index (χ4n) is 1.58. The van der Waals surface area contributed by atoms with Crippen LogP contribution in [0.15, 0.2) is 29.2 Å². The van der Waals surface area contributed by atoms with Gasteiger partial charge in [-0.25, -0.2) is 8.42 Å². The molecule has 0 saturated carbocycles. The lowest BCUT2D eigenvalue weighted by Gasteiger charge is -2.23. The maximum absolute atomic E-state index is 12.3. The van der Waals surface area contributed by atoms with Gasteiger partial charge in [0.1, 0.15) is 0 Å². The zero-order valence-corrected chi connectivity index (χ0v) is 11.8. The summed E-state index contributed by atoms with van der Waals surface area (Å²) in [6.07, 6.45) is 0. The summed E-state index contributed by atoms with van der Waals surface area (Å²) in [6.45, 7) is 2.47. The van der Waals surface area contributed by atoms with Crippen molar-refractivity contribution in [1.29, 1.82) is 0 Å². The van der Waals surface area contributed by atoms with Gasteiger partial charge in [-0.15, -0.1) is 0 Å². The molecule has 0 radical (unpaired) electrons. The molecule has 0 aliphatic heterocycles. The van der Waals surface area contributed by atoms with Crippen LogP contribution in [0.5, 0.6) is 0 Å². The van der Waals surface area contributed by atoms with Crippen LogP contribution in [0.1, 0.15) is 12.5 Å². The molecule has 0 saturated heterocycles. The molecule has 0 aliphatic rings. The Morgan fingerprint density at radius 1 is 1.44 bits per heavy atom. The Balaban J connectivity index is 3.05. The second-order valence-electron chi connectivity index (χ2n) is 4.18. The van der Waals surface area contributed by atoms with Crippen LogP contribution in [-0.4, -0.2) is 39.5 Å². The van der Waals surface area contributed by atoms with E-state index >= 15 is 0 Å². The Hall–Kier alpha value is -0.950. The van der Waals surface area contributed by atoms with Crippen LogP contribution in [0.4, 0.5) is 0 Å². The average molecular weight is 272 g/mol. The Morgan fingerprint density at radius 2 is 2.11 bits per heavy atom. The summed E-state index contributed by atoms with van der Waals surface area (Å²) in [7, 11) is -0.398. The predicted octanol–water partition coefficient (Wildman–Crippen LogP) is 0.801. The van der Waals surface area contributed by atoms with Gasteiger partial charge in [0.15, 0.2) is 0 Å².